The number of hydrogen-bond donors (Lipinski definition) is 0. The summed E-state index contributed by atoms with van der Waals surface area (Å²) in [7, 11) is 0. The molecule has 0 spiro atoms. The van der Waals surface area contributed by atoms with Crippen LogP contribution in [0.3, 0.4) is 0 Å². The van der Waals surface area contributed by atoms with Crippen LogP contribution in [0.15, 0.2) is 42.5 Å². The van der Waals surface area contributed by atoms with Gasteiger partial charge in [0.25, 0.3) is 0 Å². The first-order chi connectivity index (χ1) is 12.5. The molecule has 0 saturated carbocycles. The van der Waals surface area contributed by atoms with Crippen molar-refractivity contribution in [3.63, 3.8) is 0 Å². The van der Waals surface area contributed by atoms with Crippen molar-refractivity contribution in [2.45, 2.75) is 26.7 Å². The number of piperazine rings is 1. The average molecular weight is 409 g/mol. The molecule has 0 N–H and O–H groups in total. The van der Waals surface area contributed by atoms with Gasteiger partial charge in [-0.1, -0.05) is 49.7 Å². The first kappa shape index (κ1) is 21.9. The van der Waals surface area contributed by atoms with E-state index >= 15 is 0 Å². The maximum atomic E-state index is 6.32. The van der Waals surface area contributed by atoms with Gasteiger partial charge in [-0.2, -0.15) is 0 Å². The molecule has 3 nitrogen and oxygen atoms in total. The van der Waals surface area contributed by atoms with Crippen LogP contribution in [-0.2, 0) is 0 Å². The van der Waals surface area contributed by atoms with Crippen LogP contribution in [0.25, 0.3) is 0 Å². The van der Waals surface area contributed by atoms with E-state index in [1.165, 1.54) is 11.1 Å². The standard InChI is InChI=1S/C22H29ClN2O.ClH/c1-17(2)19-9-8-18(3)22(16-19)26-15-14-24-10-12-25(13-11-24)21-7-5-4-6-20(21)23;/h4-9,16-17H,10-15H2,1-3H3;1H. The Labute approximate surface area is 174 Å². The van der Waals surface area contributed by atoms with E-state index in [1.807, 2.05) is 12.1 Å². The highest BCUT2D eigenvalue weighted by Crippen LogP contribution is 2.26. The van der Waals surface area contributed by atoms with Crippen LogP contribution >= 0.6 is 24.0 Å². The Hall–Kier alpha value is -1.42. The molecule has 1 fully saturated rings. The molecule has 0 amide bonds. The number of nitrogens with zero attached hydrogens (tertiary/aromatic N) is 2. The van der Waals surface area contributed by atoms with Gasteiger partial charge in [0.2, 0.25) is 0 Å². The summed E-state index contributed by atoms with van der Waals surface area (Å²) in [6.45, 7) is 12.3. The molecule has 0 atom stereocenters. The number of rotatable bonds is 6. The largest absolute Gasteiger partial charge is 0.492 e. The molecular formula is C22H30Cl2N2O. The lowest BCUT2D eigenvalue weighted by molar-refractivity contribution is 0.200. The maximum absolute atomic E-state index is 6.32. The number of anilines is 1. The number of aryl methyl sites for hydroxylation is 1. The van der Waals surface area contributed by atoms with E-state index in [0.717, 1.165) is 55.8 Å². The normalized spacial score (nSPS) is 14.9. The summed E-state index contributed by atoms with van der Waals surface area (Å²) in [5.74, 6) is 1.54. The van der Waals surface area contributed by atoms with Crippen LogP contribution in [0.2, 0.25) is 5.02 Å². The molecule has 2 aromatic carbocycles. The van der Waals surface area contributed by atoms with Crippen molar-refractivity contribution in [1.82, 2.24) is 4.90 Å². The predicted molar refractivity (Wildman–Crippen MR) is 118 cm³/mol. The number of ether oxygens (including phenoxy) is 1. The minimum atomic E-state index is 0. The summed E-state index contributed by atoms with van der Waals surface area (Å²) < 4.78 is 6.08. The van der Waals surface area contributed by atoms with Crippen LogP contribution in [0.5, 0.6) is 5.75 Å². The van der Waals surface area contributed by atoms with Gasteiger partial charge in [0.05, 0.1) is 10.7 Å². The van der Waals surface area contributed by atoms with E-state index in [0.29, 0.717) is 5.92 Å². The third-order valence-electron chi connectivity index (χ3n) is 5.11. The molecule has 0 aromatic heterocycles. The summed E-state index contributed by atoms with van der Waals surface area (Å²) in [4.78, 5) is 4.84. The minimum absolute atomic E-state index is 0. The summed E-state index contributed by atoms with van der Waals surface area (Å²) in [5.41, 5.74) is 3.68. The minimum Gasteiger partial charge on any atom is -0.492 e. The third-order valence-corrected chi connectivity index (χ3v) is 5.43. The molecular weight excluding hydrogens is 379 g/mol. The molecule has 1 saturated heterocycles. The van der Waals surface area contributed by atoms with Gasteiger partial charge in [0.15, 0.2) is 0 Å². The van der Waals surface area contributed by atoms with E-state index in [1.54, 1.807) is 0 Å². The molecule has 1 aliphatic rings. The third kappa shape index (κ3) is 5.78. The second-order valence-corrected chi connectivity index (χ2v) is 7.72. The zero-order valence-corrected chi connectivity index (χ0v) is 18.0. The van der Waals surface area contributed by atoms with Crippen LogP contribution < -0.4 is 9.64 Å². The SMILES string of the molecule is Cc1ccc(C(C)C)cc1OCCN1CCN(c2ccccc2Cl)CC1.Cl. The molecule has 148 valence electrons. The highest BCUT2D eigenvalue weighted by atomic mass is 35.5. The number of hydrogen-bond acceptors (Lipinski definition) is 3. The van der Waals surface area contributed by atoms with Gasteiger partial charge in [0, 0.05) is 32.7 Å². The molecule has 0 aliphatic carbocycles. The summed E-state index contributed by atoms with van der Waals surface area (Å²) >= 11 is 6.32. The van der Waals surface area contributed by atoms with Crippen molar-refractivity contribution < 1.29 is 4.74 Å². The van der Waals surface area contributed by atoms with Crippen molar-refractivity contribution in [1.29, 1.82) is 0 Å². The lowest BCUT2D eigenvalue weighted by atomic mass is 10.0. The summed E-state index contributed by atoms with van der Waals surface area (Å²) in [5, 5.41) is 0.838. The van der Waals surface area contributed by atoms with Gasteiger partial charge in [-0.25, -0.2) is 0 Å². The molecule has 0 unspecified atom stereocenters. The molecule has 2 aromatic rings. The molecule has 5 heteroatoms. The molecule has 0 radical (unpaired) electrons. The van der Waals surface area contributed by atoms with Crippen LogP contribution in [-0.4, -0.2) is 44.2 Å². The monoisotopic (exact) mass is 408 g/mol. The Morgan fingerprint density at radius 1 is 1.04 bits per heavy atom. The molecule has 3 rings (SSSR count). The zero-order valence-electron chi connectivity index (χ0n) is 16.5. The van der Waals surface area contributed by atoms with Crippen molar-refractivity contribution in [2.24, 2.45) is 0 Å². The molecule has 0 bridgehead atoms. The van der Waals surface area contributed by atoms with Gasteiger partial charge < -0.3 is 9.64 Å². The van der Waals surface area contributed by atoms with Crippen molar-refractivity contribution >= 4 is 29.7 Å². The number of benzene rings is 2. The van der Waals surface area contributed by atoms with Crippen LogP contribution in [0, 0.1) is 6.92 Å². The molecule has 1 heterocycles. The Kier molecular flexibility index (Phi) is 8.28. The fraction of sp³-hybridized carbons (Fsp3) is 0.455. The fourth-order valence-electron chi connectivity index (χ4n) is 3.34. The van der Waals surface area contributed by atoms with E-state index in [2.05, 4.69) is 60.9 Å². The first-order valence-electron chi connectivity index (χ1n) is 9.50. The predicted octanol–water partition coefficient (Wildman–Crippen LogP) is 5.39. The lowest BCUT2D eigenvalue weighted by Crippen LogP contribution is -2.47. The highest BCUT2D eigenvalue weighted by molar-refractivity contribution is 6.33. The second kappa shape index (κ2) is 10.2. The van der Waals surface area contributed by atoms with E-state index in [-0.39, 0.29) is 12.4 Å². The topological polar surface area (TPSA) is 15.7 Å². The Morgan fingerprint density at radius 3 is 2.41 bits per heavy atom. The van der Waals surface area contributed by atoms with E-state index in [9.17, 15) is 0 Å². The Balaban J connectivity index is 0.00000261. The second-order valence-electron chi connectivity index (χ2n) is 7.31. The van der Waals surface area contributed by atoms with Gasteiger partial charge in [-0.05, 0) is 42.2 Å². The average Bonchev–Trinajstić information content (AvgIpc) is 2.64. The van der Waals surface area contributed by atoms with E-state index in [4.69, 9.17) is 16.3 Å². The first-order valence-corrected chi connectivity index (χ1v) is 9.87. The quantitative estimate of drug-likeness (QED) is 0.636. The number of halogens is 2. The van der Waals surface area contributed by atoms with Crippen molar-refractivity contribution in [3.05, 3.63) is 58.6 Å². The molecule has 27 heavy (non-hydrogen) atoms. The van der Waals surface area contributed by atoms with Crippen molar-refractivity contribution in [3.8, 4) is 5.75 Å². The smallest absolute Gasteiger partial charge is 0.122 e. The van der Waals surface area contributed by atoms with Gasteiger partial charge in [0.1, 0.15) is 12.4 Å². The highest BCUT2D eigenvalue weighted by Gasteiger charge is 2.18. The van der Waals surface area contributed by atoms with Gasteiger partial charge in [-0.15, -0.1) is 12.4 Å². The van der Waals surface area contributed by atoms with Gasteiger partial charge in [-0.3, -0.25) is 4.90 Å². The molecule has 1 aliphatic heterocycles. The van der Waals surface area contributed by atoms with Crippen LogP contribution in [0.1, 0.15) is 30.9 Å². The zero-order chi connectivity index (χ0) is 18.5. The summed E-state index contributed by atoms with van der Waals surface area (Å²) in [6, 6.07) is 14.6. The summed E-state index contributed by atoms with van der Waals surface area (Å²) in [6.07, 6.45) is 0. The van der Waals surface area contributed by atoms with Crippen molar-refractivity contribution in [2.75, 3.05) is 44.2 Å². The Bertz CT molecular complexity index is 728. The van der Waals surface area contributed by atoms with Gasteiger partial charge >= 0.3 is 0 Å². The van der Waals surface area contributed by atoms with E-state index < -0.39 is 0 Å². The lowest BCUT2D eigenvalue weighted by Gasteiger charge is -2.36. The maximum Gasteiger partial charge on any atom is 0.122 e. The van der Waals surface area contributed by atoms with Crippen LogP contribution in [0.4, 0.5) is 5.69 Å². The Morgan fingerprint density at radius 2 is 1.74 bits per heavy atom. The fourth-order valence-corrected chi connectivity index (χ4v) is 3.59. The number of para-hydroxylation sites is 1.